The average Bonchev–Trinajstić information content (AvgIpc) is 2.45. The number of amides is 1. The van der Waals surface area contributed by atoms with Gasteiger partial charge in [-0.05, 0) is 24.6 Å². The van der Waals surface area contributed by atoms with E-state index >= 15 is 0 Å². The molecule has 2 rings (SSSR count). The molecule has 0 spiro atoms. The molecule has 106 valence electrons. The Bertz CT molecular complexity index is 577. The second kappa shape index (κ2) is 5.77. The molecule has 0 radical (unpaired) electrons. The Hall–Kier alpha value is -2.30. The Labute approximate surface area is 117 Å². The molecule has 5 nitrogen and oxygen atoms in total. The number of carbonyl (C=O) groups is 2. The van der Waals surface area contributed by atoms with E-state index < -0.39 is 5.97 Å². The van der Waals surface area contributed by atoms with Crippen LogP contribution in [0.5, 0.6) is 5.75 Å². The fraction of sp³-hybridized carbons (Fsp3) is 0.333. The van der Waals surface area contributed by atoms with Crippen LogP contribution in [0.2, 0.25) is 0 Å². The van der Waals surface area contributed by atoms with Crippen molar-refractivity contribution in [2.75, 3.05) is 14.2 Å². The first-order chi connectivity index (χ1) is 9.56. The van der Waals surface area contributed by atoms with E-state index in [1.54, 1.807) is 14.0 Å². The van der Waals surface area contributed by atoms with E-state index in [4.69, 9.17) is 9.47 Å². The molecular formula is C15H17NO4. The Kier molecular flexibility index (Phi) is 4.08. The normalized spacial score (nSPS) is 18.6. The second-order valence-electron chi connectivity index (χ2n) is 4.61. The molecule has 1 N–H and O–H groups in total. The maximum Gasteiger partial charge on any atom is 0.336 e. The molecule has 1 aromatic rings. The summed E-state index contributed by atoms with van der Waals surface area (Å²) in [5, 5.41) is 2.68. The van der Waals surface area contributed by atoms with E-state index in [0.717, 1.165) is 5.56 Å². The van der Waals surface area contributed by atoms with Gasteiger partial charge in [0.1, 0.15) is 5.75 Å². The van der Waals surface area contributed by atoms with E-state index in [-0.39, 0.29) is 18.2 Å². The van der Waals surface area contributed by atoms with Crippen LogP contribution >= 0.6 is 0 Å². The van der Waals surface area contributed by atoms with E-state index in [1.165, 1.54) is 7.11 Å². The summed E-state index contributed by atoms with van der Waals surface area (Å²) >= 11 is 0. The van der Waals surface area contributed by atoms with Crippen molar-refractivity contribution in [3.8, 4) is 5.75 Å². The third kappa shape index (κ3) is 2.66. The van der Waals surface area contributed by atoms with E-state index in [9.17, 15) is 9.59 Å². The lowest BCUT2D eigenvalue weighted by atomic mass is 9.84. The minimum Gasteiger partial charge on any atom is -0.497 e. The molecule has 20 heavy (non-hydrogen) atoms. The van der Waals surface area contributed by atoms with Crippen LogP contribution in [0, 0.1) is 0 Å². The Morgan fingerprint density at radius 3 is 2.75 bits per heavy atom. The largest absolute Gasteiger partial charge is 0.497 e. The Balaban J connectivity index is 2.48. The molecule has 0 fully saturated rings. The van der Waals surface area contributed by atoms with Crippen LogP contribution in [-0.4, -0.2) is 26.1 Å². The summed E-state index contributed by atoms with van der Waals surface area (Å²) in [6.07, 6.45) is 0.217. The molecule has 0 saturated carbocycles. The topological polar surface area (TPSA) is 64.6 Å². The predicted octanol–water partition coefficient (Wildman–Crippen LogP) is 1.75. The first kappa shape index (κ1) is 14.1. The first-order valence-electron chi connectivity index (χ1n) is 6.29. The third-order valence-corrected chi connectivity index (χ3v) is 3.37. The highest BCUT2D eigenvalue weighted by Crippen LogP contribution is 2.34. The van der Waals surface area contributed by atoms with Crippen LogP contribution in [0.4, 0.5) is 0 Å². The standard InChI is InChI=1S/C15H17NO4/c1-9-14(15(18)20-3)12(8-13(17)16-9)10-5-4-6-11(7-10)19-2/h4-7,12H,8H2,1-3H3,(H,16,17)/t12-/m1/s1. The summed E-state index contributed by atoms with van der Waals surface area (Å²) in [4.78, 5) is 23.7. The number of esters is 1. The molecule has 0 saturated heterocycles. The molecule has 1 amide bonds. The molecule has 1 aromatic carbocycles. The quantitative estimate of drug-likeness (QED) is 0.853. The maximum atomic E-state index is 12.0. The summed E-state index contributed by atoms with van der Waals surface area (Å²) in [5.74, 6) is -0.153. The third-order valence-electron chi connectivity index (χ3n) is 3.37. The van der Waals surface area contributed by atoms with Gasteiger partial charge in [-0.1, -0.05) is 12.1 Å². The van der Waals surface area contributed by atoms with Crippen molar-refractivity contribution in [3.05, 3.63) is 41.1 Å². The average molecular weight is 275 g/mol. The number of hydrogen-bond donors (Lipinski definition) is 1. The van der Waals surface area contributed by atoms with Gasteiger partial charge < -0.3 is 14.8 Å². The van der Waals surface area contributed by atoms with E-state index in [1.807, 2.05) is 24.3 Å². The van der Waals surface area contributed by atoms with Crippen molar-refractivity contribution in [2.45, 2.75) is 19.3 Å². The van der Waals surface area contributed by atoms with Gasteiger partial charge in [-0.25, -0.2) is 4.79 Å². The number of carbonyl (C=O) groups excluding carboxylic acids is 2. The summed E-state index contributed by atoms with van der Waals surface area (Å²) in [6.45, 7) is 1.70. The zero-order valence-corrected chi connectivity index (χ0v) is 11.7. The van der Waals surface area contributed by atoms with Gasteiger partial charge in [-0.3, -0.25) is 4.79 Å². The number of rotatable bonds is 3. The van der Waals surface area contributed by atoms with Crippen molar-refractivity contribution >= 4 is 11.9 Å². The summed E-state index contributed by atoms with van der Waals surface area (Å²) in [7, 11) is 2.91. The zero-order valence-electron chi connectivity index (χ0n) is 11.7. The van der Waals surface area contributed by atoms with Crippen molar-refractivity contribution < 1.29 is 19.1 Å². The first-order valence-corrected chi connectivity index (χ1v) is 6.29. The number of hydrogen-bond acceptors (Lipinski definition) is 4. The monoisotopic (exact) mass is 275 g/mol. The number of benzene rings is 1. The van der Waals surface area contributed by atoms with Gasteiger partial charge in [-0.2, -0.15) is 0 Å². The molecular weight excluding hydrogens is 258 g/mol. The molecule has 1 aliphatic rings. The van der Waals surface area contributed by atoms with E-state index in [2.05, 4.69) is 5.32 Å². The van der Waals surface area contributed by atoms with Gasteiger partial charge in [0.2, 0.25) is 5.91 Å². The van der Waals surface area contributed by atoms with Gasteiger partial charge in [-0.15, -0.1) is 0 Å². The molecule has 0 unspecified atom stereocenters. The summed E-state index contributed by atoms with van der Waals surface area (Å²) < 4.78 is 10.0. The molecule has 0 aliphatic carbocycles. The highest BCUT2D eigenvalue weighted by Gasteiger charge is 2.32. The van der Waals surface area contributed by atoms with E-state index in [0.29, 0.717) is 17.0 Å². The van der Waals surface area contributed by atoms with Crippen LogP contribution in [-0.2, 0) is 14.3 Å². The minimum atomic E-state index is -0.421. The second-order valence-corrected chi connectivity index (χ2v) is 4.61. The molecule has 1 atom stereocenters. The predicted molar refractivity (Wildman–Crippen MR) is 73.2 cm³/mol. The molecule has 1 aliphatic heterocycles. The molecule has 0 bridgehead atoms. The maximum absolute atomic E-state index is 12.0. The van der Waals surface area contributed by atoms with Crippen molar-refractivity contribution in [2.24, 2.45) is 0 Å². The lowest BCUT2D eigenvalue weighted by molar-refractivity contribution is -0.136. The molecule has 5 heteroatoms. The highest BCUT2D eigenvalue weighted by atomic mass is 16.5. The number of methoxy groups -OCH3 is 2. The number of nitrogens with one attached hydrogen (secondary N) is 1. The molecule has 1 heterocycles. The zero-order chi connectivity index (χ0) is 14.7. The van der Waals surface area contributed by atoms with Gasteiger partial charge >= 0.3 is 5.97 Å². The van der Waals surface area contributed by atoms with Crippen LogP contribution in [0.25, 0.3) is 0 Å². The van der Waals surface area contributed by atoms with Crippen LogP contribution in [0.15, 0.2) is 35.5 Å². The van der Waals surface area contributed by atoms with Crippen molar-refractivity contribution in [1.29, 1.82) is 0 Å². The Morgan fingerprint density at radius 1 is 1.35 bits per heavy atom. The summed E-state index contributed by atoms with van der Waals surface area (Å²) in [5.41, 5.74) is 1.89. The van der Waals surface area contributed by atoms with Gasteiger partial charge in [0.05, 0.1) is 19.8 Å². The van der Waals surface area contributed by atoms with Crippen LogP contribution in [0.1, 0.15) is 24.8 Å². The van der Waals surface area contributed by atoms with Crippen molar-refractivity contribution in [3.63, 3.8) is 0 Å². The lowest BCUT2D eigenvalue weighted by Crippen LogP contribution is -2.34. The van der Waals surface area contributed by atoms with Gasteiger partial charge in [0.15, 0.2) is 0 Å². The van der Waals surface area contributed by atoms with Crippen LogP contribution < -0.4 is 10.1 Å². The van der Waals surface area contributed by atoms with Crippen molar-refractivity contribution in [1.82, 2.24) is 5.32 Å². The van der Waals surface area contributed by atoms with Gasteiger partial charge in [0.25, 0.3) is 0 Å². The summed E-state index contributed by atoms with van der Waals surface area (Å²) in [6, 6.07) is 7.37. The minimum absolute atomic E-state index is 0.108. The number of ether oxygens (including phenoxy) is 2. The fourth-order valence-electron chi connectivity index (χ4n) is 2.42. The SMILES string of the molecule is COC(=O)C1=C(C)NC(=O)C[C@@H]1c1cccc(OC)c1. The molecule has 0 aromatic heterocycles. The van der Waals surface area contributed by atoms with Gasteiger partial charge in [0, 0.05) is 18.0 Å². The fourth-order valence-corrected chi connectivity index (χ4v) is 2.42. The lowest BCUT2D eigenvalue weighted by Gasteiger charge is -2.26. The highest BCUT2D eigenvalue weighted by molar-refractivity contribution is 5.95. The Morgan fingerprint density at radius 2 is 2.10 bits per heavy atom. The smallest absolute Gasteiger partial charge is 0.336 e. The van der Waals surface area contributed by atoms with Crippen LogP contribution in [0.3, 0.4) is 0 Å². The number of allylic oxidation sites excluding steroid dienone is 1.